The second-order valence-corrected chi connectivity index (χ2v) is 8.09. The van der Waals surface area contributed by atoms with E-state index in [1.54, 1.807) is 0 Å². The van der Waals surface area contributed by atoms with Crippen LogP contribution in [0.25, 0.3) is 0 Å². The number of esters is 3. The van der Waals surface area contributed by atoms with Gasteiger partial charge in [-0.25, -0.2) is 4.79 Å². The number of hydrogen-bond acceptors (Lipinski definition) is 11. The van der Waals surface area contributed by atoms with Gasteiger partial charge in [-0.15, -0.1) is 0 Å². The maximum absolute atomic E-state index is 12.4. The first-order chi connectivity index (χ1) is 15.3. The topological polar surface area (TPSA) is 165 Å². The Labute approximate surface area is 196 Å². The zero-order valence-electron chi connectivity index (χ0n) is 18.5. The SMILES string of the molecule is CC(=O)OC[C@H]1O[C@H](Br)[C@H](N=Cc2c(O)n(C)c(=O)n(C)c2=O)[C@@H](OC(C)=O)[C@H]1OC(C)=O. The zero-order valence-corrected chi connectivity index (χ0v) is 20.1. The normalized spacial score (nSPS) is 25.0. The summed E-state index contributed by atoms with van der Waals surface area (Å²) in [5.74, 6) is -2.65. The van der Waals surface area contributed by atoms with E-state index in [1.165, 1.54) is 21.0 Å². The van der Waals surface area contributed by atoms with Crippen LogP contribution in [-0.4, -0.2) is 74.3 Å². The highest BCUT2D eigenvalue weighted by atomic mass is 79.9. The fourth-order valence-electron chi connectivity index (χ4n) is 3.16. The van der Waals surface area contributed by atoms with E-state index in [0.717, 1.165) is 29.2 Å². The lowest BCUT2D eigenvalue weighted by molar-refractivity contribution is -0.207. The number of aromatic hydroxyl groups is 1. The minimum atomic E-state index is -1.21. The van der Waals surface area contributed by atoms with Gasteiger partial charge in [-0.2, -0.15) is 0 Å². The summed E-state index contributed by atoms with van der Waals surface area (Å²) in [5.41, 5.74) is -1.85. The molecule has 0 saturated carbocycles. The first-order valence-electron chi connectivity index (χ1n) is 9.64. The van der Waals surface area contributed by atoms with Crippen molar-refractivity contribution in [2.45, 2.75) is 50.1 Å². The summed E-state index contributed by atoms with van der Waals surface area (Å²) in [6.07, 6.45) is -2.41. The molecule has 1 saturated heterocycles. The van der Waals surface area contributed by atoms with Crippen LogP contribution in [-0.2, 0) is 47.4 Å². The minimum Gasteiger partial charge on any atom is -0.494 e. The lowest BCUT2D eigenvalue weighted by Crippen LogP contribution is -2.59. The Morgan fingerprint density at radius 2 is 1.64 bits per heavy atom. The van der Waals surface area contributed by atoms with Gasteiger partial charge in [0.1, 0.15) is 29.3 Å². The minimum absolute atomic E-state index is 0.299. The van der Waals surface area contributed by atoms with Crippen LogP contribution in [0.5, 0.6) is 5.88 Å². The third-order valence-corrected chi connectivity index (χ3v) is 5.46. The van der Waals surface area contributed by atoms with Gasteiger partial charge >= 0.3 is 23.6 Å². The molecular formula is C19H24BrN3O10. The highest BCUT2D eigenvalue weighted by Gasteiger charge is 2.49. The molecule has 1 aliphatic heterocycles. The van der Waals surface area contributed by atoms with Crippen LogP contribution in [0.3, 0.4) is 0 Å². The van der Waals surface area contributed by atoms with E-state index in [1.807, 2.05) is 0 Å². The molecule has 1 aliphatic rings. The summed E-state index contributed by atoms with van der Waals surface area (Å²) in [6.45, 7) is 3.16. The maximum atomic E-state index is 12.4. The van der Waals surface area contributed by atoms with Crippen molar-refractivity contribution in [3.05, 3.63) is 26.4 Å². The molecule has 0 aliphatic carbocycles. The lowest BCUT2D eigenvalue weighted by atomic mass is 9.98. The van der Waals surface area contributed by atoms with Crippen molar-refractivity contribution in [3.8, 4) is 5.88 Å². The molecule has 13 nitrogen and oxygen atoms in total. The van der Waals surface area contributed by atoms with Crippen molar-refractivity contribution in [3.63, 3.8) is 0 Å². The average molecular weight is 534 g/mol. The van der Waals surface area contributed by atoms with E-state index in [-0.39, 0.29) is 12.2 Å². The third-order valence-electron chi connectivity index (χ3n) is 4.70. The molecule has 14 heteroatoms. The number of nitrogens with zero attached hydrogens (tertiary/aromatic N) is 3. The van der Waals surface area contributed by atoms with Crippen molar-refractivity contribution in [1.82, 2.24) is 9.13 Å². The molecule has 1 N–H and O–H groups in total. The standard InChI is InChI=1S/C19H24BrN3O10/c1-8(24)30-7-12-14(31-9(2)25)15(32-10(3)26)13(16(20)33-12)21-6-11-17(27)22(4)19(29)23(5)18(11)28/h6,12-16,27H,7H2,1-5H3/t12-,13-,14+,15-,16+/m1/s1. The molecule has 0 unspecified atom stereocenters. The van der Waals surface area contributed by atoms with Crippen LogP contribution in [0.15, 0.2) is 14.6 Å². The molecule has 33 heavy (non-hydrogen) atoms. The van der Waals surface area contributed by atoms with Crippen LogP contribution in [0.4, 0.5) is 0 Å². The molecule has 0 spiro atoms. The van der Waals surface area contributed by atoms with Gasteiger partial charge < -0.3 is 24.1 Å². The predicted molar refractivity (Wildman–Crippen MR) is 115 cm³/mol. The van der Waals surface area contributed by atoms with E-state index in [9.17, 15) is 29.1 Å². The Morgan fingerprint density at radius 1 is 1.06 bits per heavy atom. The zero-order chi connectivity index (χ0) is 25.0. The molecule has 182 valence electrons. The Kier molecular flexibility index (Phi) is 8.55. The maximum Gasteiger partial charge on any atom is 0.333 e. The van der Waals surface area contributed by atoms with Gasteiger partial charge in [-0.1, -0.05) is 15.9 Å². The number of carbonyl (C=O) groups excluding carboxylic acids is 3. The van der Waals surface area contributed by atoms with E-state index in [0.29, 0.717) is 0 Å². The Morgan fingerprint density at radius 3 is 2.18 bits per heavy atom. The summed E-state index contributed by atoms with van der Waals surface area (Å²) in [5, 5.41) is 9.30. The van der Waals surface area contributed by atoms with E-state index < -0.39 is 64.4 Å². The molecule has 0 amide bonds. The molecule has 1 fully saturated rings. The van der Waals surface area contributed by atoms with Crippen molar-refractivity contribution < 1.29 is 38.4 Å². The summed E-state index contributed by atoms with van der Waals surface area (Å²) >= 11 is 3.27. The Bertz CT molecular complexity index is 1080. The molecule has 1 aromatic heterocycles. The molecule has 0 radical (unpaired) electrons. The van der Waals surface area contributed by atoms with Crippen molar-refractivity contribution >= 4 is 40.1 Å². The number of carbonyl (C=O) groups is 3. The quantitative estimate of drug-likeness (QED) is 0.210. The van der Waals surface area contributed by atoms with E-state index in [4.69, 9.17) is 18.9 Å². The summed E-state index contributed by atoms with van der Waals surface area (Å²) in [6, 6.07) is -1.06. The first kappa shape index (κ1) is 26.3. The van der Waals surface area contributed by atoms with Crippen molar-refractivity contribution in [2.75, 3.05) is 6.61 Å². The molecule has 2 heterocycles. The summed E-state index contributed by atoms with van der Waals surface area (Å²) in [4.78, 5) is 63.3. The molecule has 1 aromatic rings. The number of aliphatic imine (C=N–C) groups is 1. The van der Waals surface area contributed by atoms with E-state index >= 15 is 0 Å². The van der Waals surface area contributed by atoms with Crippen LogP contribution < -0.4 is 11.2 Å². The first-order valence-corrected chi connectivity index (χ1v) is 10.6. The number of halogens is 1. The van der Waals surface area contributed by atoms with Crippen molar-refractivity contribution in [1.29, 1.82) is 0 Å². The third kappa shape index (κ3) is 6.07. The highest BCUT2D eigenvalue weighted by molar-refractivity contribution is 9.09. The van der Waals surface area contributed by atoms with E-state index in [2.05, 4.69) is 20.9 Å². The monoisotopic (exact) mass is 533 g/mol. The average Bonchev–Trinajstić information content (AvgIpc) is 2.72. The number of hydrogen-bond donors (Lipinski definition) is 1. The van der Waals surface area contributed by atoms with Crippen LogP contribution in [0, 0.1) is 0 Å². The largest absolute Gasteiger partial charge is 0.494 e. The van der Waals surface area contributed by atoms with Crippen LogP contribution in [0.2, 0.25) is 0 Å². The van der Waals surface area contributed by atoms with Gasteiger partial charge in [0, 0.05) is 41.1 Å². The number of ether oxygens (including phenoxy) is 4. The Hall–Kier alpha value is -3.00. The molecular weight excluding hydrogens is 510 g/mol. The smallest absolute Gasteiger partial charge is 0.333 e. The van der Waals surface area contributed by atoms with Gasteiger partial charge in [0.25, 0.3) is 5.56 Å². The van der Waals surface area contributed by atoms with Gasteiger partial charge in [-0.05, 0) is 0 Å². The number of rotatable bonds is 6. The Balaban J connectivity index is 2.51. The highest BCUT2D eigenvalue weighted by Crippen LogP contribution is 2.31. The van der Waals surface area contributed by atoms with Gasteiger partial charge in [-0.3, -0.25) is 33.3 Å². The fourth-order valence-corrected chi connectivity index (χ4v) is 3.88. The molecule has 0 aromatic carbocycles. The number of aromatic nitrogens is 2. The molecule has 0 bridgehead atoms. The summed E-state index contributed by atoms with van der Waals surface area (Å²) in [7, 11) is 2.50. The van der Waals surface area contributed by atoms with Gasteiger partial charge in [0.15, 0.2) is 12.2 Å². The molecule has 5 atom stereocenters. The second kappa shape index (κ2) is 10.7. The van der Waals surface area contributed by atoms with Gasteiger partial charge in [0.2, 0.25) is 5.88 Å². The number of alkyl halides is 1. The lowest BCUT2D eigenvalue weighted by Gasteiger charge is -2.42. The summed E-state index contributed by atoms with van der Waals surface area (Å²) < 4.78 is 23.0. The van der Waals surface area contributed by atoms with Crippen LogP contribution >= 0.6 is 15.9 Å². The van der Waals surface area contributed by atoms with Gasteiger partial charge in [0.05, 0.1) is 0 Å². The fraction of sp³-hybridized carbons (Fsp3) is 0.579. The predicted octanol–water partition coefficient (Wildman–Crippen LogP) is -0.877. The van der Waals surface area contributed by atoms with Crippen LogP contribution in [0.1, 0.15) is 26.3 Å². The second-order valence-electron chi connectivity index (χ2n) is 7.19. The van der Waals surface area contributed by atoms with Crippen molar-refractivity contribution in [2.24, 2.45) is 19.1 Å². The molecule has 2 rings (SSSR count).